The van der Waals surface area contributed by atoms with Crippen molar-refractivity contribution in [1.29, 1.82) is 0 Å². The molecule has 1 aromatic heterocycles. The molecule has 0 aliphatic carbocycles. The molecule has 3 nitrogen and oxygen atoms in total. The quantitative estimate of drug-likeness (QED) is 0.651. The van der Waals surface area contributed by atoms with Gasteiger partial charge >= 0.3 is 0 Å². The molecule has 1 heterocycles. The van der Waals surface area contributed by atoms with E-state index in [1.165, 1.54) is 12.8 Å². The summed E-state index contributed by atoms with van der Waals surface area (Å²) in [4.78, 5) is 0. The van der Waals surface area contributed by atoms with Crippen LogP contribution in [0.25, 0.3) is 0 Å². The van der Waals surface area contributed by atoms with Gasteiger partial charge < -0.3 is 9.26 Å². The van der Waals surface area contributed by atoms with Crippen LogP contribution in [0.15, 0.2) is 16.9 Å². The summed E-state index contributed by atoms with van der Waals surface area (Å²) in [7, 11) is 0. The van der Waals surface area contributed by atoms with E-state index in [4.69, 9.17) is 9.26 Å². The standard InChI is InChI=1S/C10H17NO2.C2H6/c1-2-3-4-7-12-8-5-10-6-9-13-11-10;1-2/h6,9H,2-5,7-8H2,1H3;1-2H3. The Bertz CT molecular complexity index is 197. The molecular formula is C12H23NO2. The van der Waals surface area contributed by atoms with Gasteiger partial charge in [-0.1, -0.05) is 38.8 Å². The van der Waals surface area contributed by atoms with Gasteiger partial charge in [-0.05, 0) is 6.42 Å². The Kier molecular flexibility index (Phi) is 10.6. The fraction of sp³-hybridized carbons (Fsp3) is 0.750. The van der Waals surface area contributed by atoms with Gasteiger partial charge in [-0.15, -0.1) is 0 Å². The topological polar surface area (TPSA) is 35.3 Å². The Morgan fingerprint density at radius 2 is 2.07 bits per heavy atom. The average molecular weight is 213 g/mol. The molecule has 15 heavy (non-hydrogen) atoms. The minimum absolute atomic E-state index is 0.746. The molecule has 0 atom stereocenters. The van der Waals surface area contributed by atoms with E-state index in [1.807, 2.05) is 19.9 Å². The third kappa shape index (κ3) is 8.18. The predicted octanol–water partition coefficient (Wildman–Crippen LogP) is 3.45. The zero-order valence-corrected chi connectivity index (χ0v) is 10.2. The van der Waals surface area contributed by atoms with Crippen LogP contribution in [-0.4, -0.2) is 18.4 Å². The summed E-state index contributed by atoms with van der Waals surface area (Å²) in [5.41, 5.74) is 0.968. The predicted molar refractivity (Wildman–Crippen MR) is 61.9 cm³/mol. The first-order valence-electron chi connectivity index (χ1n) is 5.90. The smallest absolute Gasteiger partial charge is 0.124 e. The lowest BCUT2D eigenvalue weighted by atomic mass is 10.3. The van der Waals surface area contributed by atoms with Gasteiger partial charge in [0, 0.05) is 19.1 Å². The van der Waals surface area contributed by atoms with E-state index in [-0.39, 0.29) is 0 Å². The van der Waals surface area contributed by atoms with Crippen LogP contribution >= 0.6 is 0 Å². The number of hydrogen-bond acceptors (Lipinski definition) is 3. The van der Waals surface area contributed by atoms with Crippen molar-refractivity contribution in [2.75, 3.05) is 13.2 Å². The highest BCUT2D eigenvalue weighted by Crippen LogP contribution is 1.98. The second-order valence-electron chi connectivity index (χ2n) is 3.06. The van der Waals surface area contributed by atoms with Gasteiger partial charge in [0.1, 0.15) is 6.26 Å². The molecule has 0 fully saturated rings. The van der Waals surface area contributed by atoms with Crippen LogP contribution in [-0.2, 0) is 11.2 Å². The van der Waals surface area contributed by atoms with Crippen LogP contribution in [0.5, 0.6) is 0 Å². The summed E-state index contributed by atoms with van der Waals surface area (Å²) in [6.07, 6.45) is 6.10. The second-order valence-corrected chi connectivity index (χ2v) is 3.06. The Labute approximate surface area is 92.8 Å². The monoisotopic (exact) mass is 213 g/mol. The van der Waals surface area contributed by atoms with E-state index in [2.05, 4.69) is 12.1 Å². The molecule has 0 N–H and O–H groups in total. The van der Waals surface area contributed by atoms with Gasteiger partial charge in [0.2, 0.25) is 0 Å². The first-order chi connectivity index (χ1) is 7.43. The molecule has 0 aromatic carbocycles. The highest BCUT2D eigenvalue weighted by atomic mass is 16.5. The highest BCUT2D eigenvalue weighted by molar-refractivity contribution is 4.94. The van der Waals surface area contributed by atoms with Crippen molar-refractivity contribution in [3.63, 3.8) is 0 Å². The number of aromatic nitrogens is 1. The van der Waals surface area contributed by atoms with Crippen molar-refractivity contribution in [2.24, 2.45) is 0 Å². The van der Waals surface area contributed by atoms with Crippen LogP contribution in [0.4, 0.5) is 0 Å². The molecule has 0 spiro atoms. The first-order valence-corrected chi connectivity index (χ1v) is 5.90. The molecule has 0 radical (unpaired) electrons. The maximum absolute atomic E-state index is 5.43. The second kappa shape index (κ2) is 11.2. The number of unbranched alkanes of at least 4 members (excludes halogenated alkanes) is 2. The van der Waals surface area contributed by atoms with Crippen molar-refractivity contribution < 1.29 is 9.26 Å². The van der Waals surface area contributed by atoms with E-state index in [1.54, 1.807) is 6.26 Å². The number of ether oxygens (including phenoxy) is 1. The molecule has 1 rings (SSSR count). The minimum Gasteiger partial charge on any atom is -0.381 e. The molecule has 0 bridgehead atoms. The van der Waals surface area contributed by atoms with Crippen LogP contribution in [0.1, 0.15) is 45.7 Å². The maximum Gasteiger partial charge on any atom is 0.124 e. The molecule has 88 valence electrons. The van der Waals surface area contributed by atoms with Crippen molar-refractivity contribution in [2.45, 2.75) is 46.5 Å². The molecule has 0 aliphatic heterocycles. The summed E-state index contributed by atoms with van der Waals surface area (Å²) in [6.45, 7) is 7.80. The van der Waals surface area contributed by atoms with E-state index in [9.17, 15) is 0 Å². The highest BCUT2D eigenvalue weighted by Gasteiger charge is 1.95. The lowest BCUT2D eigenvalue weighted by molar-refractivity contribution is 0.132. The Balaban J connectivity index is 0.000000921. The molecule has 0 saturated heterocycles. The lowest BCUT2D eigenvalue weighted by Crippen LogP contribution is -2.00. The van der Waals surface area contributed by atoms with Gasteiger partial charge in [0.25, 0.3) is 0 Å². The largest absolute Gasteiger partial charge is 0.381 e. The fourth-order valence-corrected chi connectivity index (χ4v) is 1.10. The first kappa shape index (κ1) is 14.2. The van der Waals surface area contributed by atoms with Crippen LogP contribution in [0.3, 0.4) is 0 Å². The minimum atomic E-state index is 0.746. The molecular weight excluding hydrogens is 190 g/mol. The maximum atomic E-state index is 5.43. The Hall–Kier alpha value is -0.830. The average Bonchev–Trinajstić information content (AvgIpc) is 2.79. The van der Waals surface area contributed by atoms with E-state index in [0.29, 0.717) is 0 Å². The Morgan fingerprint density at radius 3 is 2.67 bits per heavy atom. The third-order valence-electron chi connectivity index (χ3n) is 1.89. The molecule has 3 heteroatoms. The number of hydrogen-bond donors (Lipinski definition) is 0. The molecule has 0 saturated carbocycles. The van der Waals surface area contributed by atoms with Crippen molar-refractivity contribution in [1.82, 2.24) is 5.16 Å². The summed E-state index contributed by atoms with van der Waals surface area (Å²) in [5, 5.41) is 3.80. The van der Waals surface area contributed by atoms with Crippen LogP contribution in [0.2, 0.25) is 0 Å². The van der Waals surface area contributed by atoms with Crippen molar-refractivity contribution >= 4 is 0 Å². The summed E-state index contributed by atoms with van der Waals surface area (Å²) in [6, 6.07) is 1.87. The lowest BCUT2D eigenvalue weighted by Gasteiger charge is -2.00. The fourth-order valence-electron chi connectivity index (χ4n) is 1.10. The van der Waals surface area contributed by atoms with Crippen LogP contribution < -0.4 is 0 Å². The molecule has 0 amide bonds. The van der Waals surface area contributed by atoms with E-state index < -0.39 is 0 Å². The van der Waals surface area contributed by atoms with Gasteiger partial charge in [-0.2, -0.15) is 0 Å². The Morgan fingerprint density at radius 1 is 1.27 bits per heavy atom. The van der Waals surface area contributed by atoms with E-state index in [0.717, 1.165) is 31.7 Å². The van der Waals surface area contributed by atoms with Crippen molar-refractivity contribution in [3.8, 4) is 0 Å². The molecule has 0 aliphatic rings. The summed E-state index contributed by atoms with van der Waals surface area (Å²) >= 11 is 0. The SMILES string of the molecule is CC.CCCCCOCCc1ccon1. The van der Waals surface area contributed by atoms with Gasteiger partial charge in [0.15, 0.2) is 0 Å². The van der Waals surface area contributed by atoms with E-state index >= 15 is 0 Å². The molecule has 0 unspecified atom stereocenters. The number of rotatable bonds is 7. The van der Waals surface area contributed by atoms with Gasteiger partial charge in [-0.25, -0.2) is 0 Å². The summed E-state index contributed by atoms with van der Waals surface area (Å²) < 4.78 is 10.1. The zero-order chi connectivity index (χ0) is 11.4. The molecule has 1 aromatic rings. The third-order valence-corrected chi connectivity index (χ3v) is 1.89. The zero-order valence-electron chi connectivity index (χ0n) is 10.2. The normalized spacial score (nSPS) is 9.53. The number of nitrogens with zero attached hydrogens (tertiary/aromatic N) is 1. The van der Waals surface area contributed by atoms with Gasteiger partial charge in [0.05, 0.1) is 12.3 Å². The van der Waals surface area contributed by atoms with Crippen LogP contribution in [0, 0.1) is 0 Å². The van der Waals surface area contributed by atoms with Crippen molar-refractivity contribution in [3.05, 3.63) is 18.0 Å². The summed E-state index contributed by atoms with van der Waals surface area (Å²) in [5.74, 6) is 0. The van der Waals surface area contributed by atoms with Gasteiger partial charge in [-0.3, -0.25) is 0 Å².